The highest BCUT2D eigenvalue weighted by Crippen LogP contribution is 2.46. The molecular formula is C53H34O. The molecule has 0 bridgehead atoms. The minimum atomic E-state index is 0.834. The van der Waals surface area contributed by atoms with Gasteiger partial charge in [-0.15, -0.1) is 0 Å². The van der Waals surface area contributed by atoms with Crippen LogP contribution in [0.15, 0.2) is 199 Å². The van der Waals surface area contributed by atoms with E-state index in [2.05, 4.69) is 194 Å². The molecule has 0 aliphatic heterocycles. The van der Waals surface area contributed by atoms with E-state index in [0.717, 1.165) is 39.5 Å². The third-order valence-corrected chi connectivity index (χ3v) is 11.3. The zero-order chi connectivity index (χ0) is 35.6. The van der Waals surface area contributed by atoms with Gasteiger partial charge in [0.2, 0.25) is 0 Å². The Morgan fingerprint density at radius 2 is 0.889 bits per heavy atom. The second-order valence-electron chi connectivity index (χ2n) is 14.3. The molecule has 1 heterocycles. The summed E-state index contributed by atoms with van der Waals surface area (Å²) in [5.41, 5.74) is 11.8. The van der Waals surface area contributed by atoms with E-state index in [9.17, 15) is 0 Å². The van der Waals surface area contributed by atoms with Gasteiger partial charge in [0, 0.05) is 16.3 Å². The van der Waals surface area contributed by atoms with E-state index in [1.807, 2.05) is 0 Å². The Morgan fingerprint density at radius 3 is 1.65 bits per heavy atom. The van der Waals surface area contributed by atoms with Crippen molar-refractivity contribution < 1.29 is 4.42 Å². The number of rotatable bonds is 5. The molecule has 252 valence electrons. The quantitative estimate of drug-likeness (QED) is 0.130. The van der Waals surface area contributed by atoms with Gasteiger partial charge in [0.15, 0.2) is 0 Å². The molecule has 54 heavy (non-hydrogen) atoms. The number of furan rings is 1. The molecule has 0 atom stereocenters. The summed E-state index contributed by atoms with van der Waals surface area (Å²) in [6.45, 7) is 0. The smallest absolute Gasteiger partial charge is 0.143 e. The fraction of sp³-hybridized carbons (Fsp3) is 0.0189. The van der Waals surface area contributed by atoms with Crippen LogP contribution < -0.4 is 0 Å². The van der Waals surface area contributed by atoms with E-state index >= 15 is 0 Å². The average molecular weight is 687 g/mol. The lowest BCUT2D eigenvalue weighted by Gasteiger charge is -2.20. The topological polar surface area (TPSA) is 13.1 Å². The maximum atomic E-state index is 6.59. The molecule has 1 heteroatoms. The van der Waals surface area contributed by atoms with Crippen molar-refractivity contribution in [2.75, 3.05) is 0 Å². The first-order chi connectivity index (χ1) is 26.8. The van der Waals surface area contributed by atoms with E-state index < -0.39 is 0 Å². The van der Waals surface area contributed by atoms with Crippen molar-refractivity contribution in [2.45, 2.75) is 6.42 Å². The van der Waals surface area contributed by atoms with Crippen LogP contribution in [0.25, 0.3) is 98.4 Å². The van der Waals surface area contributed by atoms with Crippen LogP contribution in [-0.4, -0.2) is 0 Å². The SMILES string of the molecule is c1ccc(-c2cccc3c2oc2ccc(-c4c5ccccc5c(-c5ccccc5Cc5cc6ccccc6c6ccccc56)c5ccccc45)cc23)cc1. The Kier molecular flexibility index (Phi) is 7.00. The van der Waals surface area contributed by atoms with Crippen LogP contribution in [0, 0.1) is 0 Å². The van der Waals surface area contributed by atoms with Crippen molar-refractivity contribution in [1.82, 2.24) is 0 Å². The highest BCUT2D eigenvalue weighted by Gasteiger charge is 2.20. The number of hydrogen-bond acceptors (Lipinski definition) is 1. The summed E-state index contributed by atoms with van der Waals surface area (Å²) in [4.78, 5) is 0. The van der Waals surface area contributed by atoms with Gasteiger partial charge in [0.05, 0.1) is 0 Å². The fourth-order valence-corrected chi connectivity index (χ4v) is 8.93. The fourth-order valence-electron chi connectivity index (χ4n) is 8.93. The van der Waals surface area contributed by atoms with Crippen molar-refractivity contribution >= 4 is 65.0 Å². The summed E-state index contributed by atoms with van der Waals surface area (Å²) in [5, 5.41) is 12.5. The van der Waals surface area contributed by atoms with Gasteiger partial charge in [0.1, 0.15) is 11.2 Å². The first-order valence-corrected chi connectivity index (χ1v) is 18.7. The van der Waals surface area contributed by atoms with E-state index in [0.29, 0.717) is 0 Å². The van der Waals surface area contributed by atoms with Gasteiger partial charge >= 0.3 is 0 Å². The molecular weight excluding hydrogens is 653 g/mol. The number of benzene rings is 10. The zero-order valence-corrected chi connectivity index (χ0v) is 29.6. The first kappa shape index (κ1) is 30.6. The van der Waals surface area contributed by atoms with Crippen molar-refractivity contribution in [3.05, 3.63) is 205 Å². The van der Waals surface area contributed by atoms with Gasteiger partial charge in [0.25, 0.3) is 0 Å². The minimum absolute atomic E-state index is 0.834. The van der Waals surface area contributed by atoms with Gasteiger partial charge in [-0.2, -0.15) is 0 Å². The first-order valence-electron chi connectivity index (χ1n) is 18.7. The molecule has 1 nitrogen and oxygen atoms in total. The molecule has 0 unspecified atom stereocenters. The van der Waals surface area contributed by atoms with Crippen LogP contribution in [0.1, 0.15) is 11.1 Å². The van der Waals surface area contributed by atoms with Crippen LogP contribution in [0.5, 0.6) is 0 Å². The van der Waals surface area contributed by atoms with Crippen molar-refractivity contribution in [3.8, 4) is 33.4 Å². The van der Waals surface area contributed by atoms with Gasteiger partial charge in [-0.1, -0.05) is 182 Å². The molecule has 0 aliphatic carbocycles. The summed E-state index contributed by atoms with van der Waals surface area (Å²) in [7, 11) is 0. The highest BCUT2D eigenvalue weighted by atomic mass is 16.3. The van der Waals surface area contributed by atoms with Crippen molar-refractivity contribution in [1.29, 1.82) is 0 Å². The van der Waals surface area contributed by atoms with E-state index in [1.165, 1.54) is 76.5 Å². The summed E-state index contributed by atoms with van der Waals surface area (Å²) >= 11 is 0. The summed E-state index contributed by atoms with van der Waals surface area (Å²) in [5.74, 6) is 0. The van der Waals surface area contributed by atoms with Gasteiger partial charge < -0.3 is 4.42 Å². The van der Waals surface area contributed by atoms with Crippen LogP contribution in [0.2, 0.25) is 0 Å². The number of para-hydroxylation sites is 1. The third kappa shape index (κ3) is 4.79. The predicted molar refractivity (Wildman–Crippen MR) is 229 cm³/mol. The monoisotopic (exact) mass is 686 g/mol. The Morgan fingerprint density at radius 1 is 0.315 bits per heavy atom. The Balaban J connectivity index is 1.12. The summed E-state index contributed by atoms with van der Waals surface area (Å²) < 4.78 is 6.59. The molecule has 0 fully saturated rings. The maximum Gasteiger partial charge on any atom is 0.143 e. The zero-order valence-electron chi connectivity index (χ0n) is 29.6. The predicted octanol–water partition coefficient (Wildman–Crippen LogP) is 14.8. The molecule has 0 aliphatic rings. The van der Waals surface area contributed by atoms with Gasteiger partial charge in [-0.05, 0) is 101 Å². The van der Waals surface area contributed by atoms with Crippen LogP contribution in [-0.2, 0) is 6.42 Å². The molecule has 0 saturated heterocycles. The molecule has 0 saturated carbocycles. The number of hydrogen-bond donors (Lipinski definition) is 0. The molecule has 1 aromatic heterocycles. The Labute approximate surface area is 313 Å². The standard InChI is InChI=1S/C53H34O/c1-2-15-34(16-3-1)42-27-14-28-48-49-33-37(29-30-50(49)54-53(42)48)51-44-23-10-12-25-46(44)52(47-26-13-11-24-45(47)51)41-21-7-5-18-36(41)32-38-31-35-17-4-6-19-39(35)43-22-9-8-20-40(38)43/h1-31,33H,32H2. The second-order valence-corrected chi connectivity index (χ2v) is 14.3. The van der Waals surface area contributed by atoms with Crippen molar-refractivity contribution in [3.63, 3.8) is 0 Å². The van der Waals surface area contributed by atoms with Crippen molar-refractivity contribution in [2.24, 2.45) is 0 Å². The largest absolute Gasteiger partial charge is 0.455 e. The van der Waals surface area contributed by atoms with E-state index in [4.69, 9.17) is 4.42 Å². The minimum Gasteiger partial charge on any atom is -0.455 e. The molecule has 0 N–H and O–H groups in total. The average Bonchev–Trinajstić information content (AvgIpc) is 3.62. The van der Waals surface area contributed by atoms with E-state index in [1.54, 1.807) is 0 Å². The Bertz CT molecular complexity index is 3180. The van der Waals surface area contributed by atoms with E-state index in [-0.39, 0.29) is 0 Å². The van der Waals surface area contributed by atoms with Crippen LogP contribution >= 0.6 is 0 Å². The molecule has 11 rings (SSSR count). The molecule has 11 aromatic rings. The lowest BCUT2D eigenvalue weighted by atomic mass is 9.83. The molecule has 0 amide bonds. The van der Waals surface area contributed by atoms with Gasteiger partial charge in [-0.25, -0.2) is 0 Å². The van der Waals surface area contributed by atoms with Gasteiger partial charge in [-0.3, -0.25) is 0 Å². The third-order valence-electron chi connectivity index (χ3n) is 11.3. The molecule has 0 radical (unpaired) electrons. The van der Waals surface area contributed by atoms with Crippen LogP contribution in [0.4, 0.5) is 0 Å². The van der Waals surface area contributed by atoms with Crippen LogP contribution in [0.3, 0.4) is 0 Å². The molecule has 10 aromatic carbocycles. The highest BCUT2D eigenvalue weighted by molar-refractivity contribution is 6.22. The lowest BCUT2D eigenvalue weighted by Crippen LogP contribution is -1.97. The number of fused-ring (bicyclic) bond motifs is 8. The Hall–Kier alpha value is -6.96. The summed E-state index contributed by atoms with van der Waals surface area (Å²) in [6.07, 6.45) is 0.834. The molecule has 0 spiro atoms. The summed E-state index contributed by atoms with van der Waals surface area (Å²) in [6, 6.07) is 70.7. The maximum absolute atomic E-state index is 6.59. The normalized spacial score (nSPS) is 11.8. The second kappa shape index (κ2) is 12.3. The lowest BCUT2D eigenvalue weighted by molar-refractivity contribution is 0.670.